The highest BCUT2D eigenvalue weighted by molar-refractivity contribution is 5.91. The van der Waals surface area contributed by atoms with Crippen molar-refractivity contribution in [2.75, 3.05) is 0 Å². The topological polar surface area (TPSA) is 138 Å². The minimum Gasteiger partial charge on any atom is -0.481 e. The monoisotopic (exact) mass is 231 g/mol. The Hall–Kier alpha value is -2.31. The average Bonchev–Trinajstić information content (AvgIpc) is 2.14. The summed E-state index contributed by atoms with van der Waals surface area (Å²) in [5.41, 5.74) is 4.68. The van der Waals surface area contributed by atoms with E-state index in [2.05, 4.69) is 6.58 Å². The third-order valence-corrected chi connectivity index (χ3v) is 1.18. The molecule has 0 aliphatic rings. The quantitative estimate of drug-likeness (QED) is 0.501. The molecule has 0 aliphatic carbocycles. The molecular formula is C9H13NO6. The van der Waals surface area contributed by atoms with E-state index in [1.165, 1.54) is 6.92 Å². The molecule has 90 valence electrons. The van der Waals surface area contributed by atoms with Crippen LogP contribution in [-0.2, 0) is 14.4 Å². The third-order valence-electron chi connectivity index (χ3n) is 1.18. The van der Waals surface area contributed by atoms with Crippen LogP contribution in [0.15, 0.2) is 23.9 Å². The van der Waals surface area contributed by atoms with E-state index in [9.17, 15) is 14.4 Å². The van der Waals surface area contributed by atoms with E-state index in [4.69, 9.17) is 21.1 Å². The summed E-state index contributed by atoms with van der Waals surface area (Å²) < 4.78 is 0. The zero-order valence-electron chi connectivity index (χ0n) is 8.64. The third kappa shape index (κ3) is 9.78. The van der Waals surface area contributed by atoms with Crippen LogP contribution in [0.2, 0.25) is 0 Å². The molecule has 0 rings (SSSR count). The van der Waals surface area contributed by atoms with Crippen LogP contribution < -0.4 is 5.73 Å². The molecule has 16 heavy (non-hydrogen) atoms. The second-order valence-electron chi connectivity index (χ2n) is 2.65. The lowest BCUT2D eigenvalue weighted by Crippen LogP contribution is -2.08. The molecule has 0 atom stereocenters. The molecule has 0 amide bonds. The molecule has 0 fully saturated rings. The number of carboxylic acids is 3. The first-order valence-corrected chi connectivity index (χ1v) is 3.97. The molecule has 0 bridgehead atoms. The summed E-state index contributed by atoms with van der Waals surface area (Å²) in [6.45, 7) is 4.60. The van der Waals surface area contributed by atoms with Crippen molar-refractivity contribution < 1.29 is 29.7 Å². The summed E-state index contributed by atoms with van der Waals surface area (Å²) >= 11 is 0. The van der Waals surface area contributed by atoms with Gasteiger partial charge in [0.05, 0.1) is 12.0 Å². The molecule has 0 unspecified atom stereocenters. The summed E-state index contributed by atoms with van der Waals surface area (Å²) in [6, 6.07) is 0. The van der Waals surface area contributed by atoms with Crippen molar-refractivity contribution in [2.24, 2.45) is 5.73 Å². The molecule has 0 aromatic heterocycles. The molecule has 0 spiro atoms. The van der Waals surface area contributed by atoms with Gasteiger partial charge in [-0.3, -0.25) is 4.79 Å². The summed E-state index contributed by atoms with van der Waals surface area (Å²) in [5.74, 6) is -3.45. The standard InChI is InChI=1S/C5H7NO4.C4H6O2/c6-2-3(5(9)10)1-4(7)8;1-3(2)4(5)6/h2H,1,6H2,(H,7,8)(H,9,10);1H2,2H3,(H,5,6). The van der Waals surface area contributed by atoms with Gasteiger partial charge in [0.1, 0.15) is 0 Å². The predicted molar refractivity (Wildman–Crippen MR) is 54.6 cm³/mol. The van der Waals surface area contributed by atoms with Crippen molar-refractivity contribution in [3.8, 4) is 0 Å². The van der Waals surface area contributed by atoms with Crippen molar-refractivity contribution in [3.05, 3.63) is 23.9 Å². The lowest BCUT2D eigenvalue weighted by Gasteiger charge is -1.93. The minimum absolute atomic E-state index is 0.176. The van der Waals surface area contributed by atoms with Crippen molar-refractivity contribution in [1.29, 1.82) is 0 Å². The maximum atomic E-state index is 10.1. The summed E-state index contributed by atoms with van der Waals surface area (Å²) in [5, 5.41) is 24.2. The number of carbonyl (C=O) groups is 3. The Morgan fingerprint density at radius 2 is 1.56 bits per heavy atom. The molecule has 0 aromatic rings. The largest absolute Gasteiger partial charge is 0.481 e. The van der Waals surface area contributed by atoms with E-state index < -0.39 is 24.3 Å². The number of rotatable bonds is 4. The van der Waals surface area contributed by atoms with E-state index in [0.717, 1.165) is 6.20 Å². The molecule has 7 nitrogen and oxygen atoms in total. The van der Waals surface area contributed by atoms with E-state index in [1.54, 1.807) is 0 Å². The summed E-state index contributed by atoms with van der Waals surface area (Å²) in [6.07, 6.45) is 0.224. The van der Waals surface area contributed by atoms with E-state index in [0.29, 0.717) is 0 Å². The van der Waals surface area contributed by atoms with Gasteiger partial charge in [-0.15, -0.1) is 0 Å². The van der Waals surface area contributed by atoms with Crippen molar-refractivity contribution >= 4 is 17.9 Å². The Kier molecular flexibility index (Phi) is 8.10. The Morgan fingerprint density at radius 3 is 1.62 bits per heavy atom. The van der Waals surface area contributed by atoms with Gasteiger partial charge in [0.15, 0.2) is 0 Å². The van der Waals surface area contributed by atoms with Crippen LogP contribution in [0.1, 0.15) is 13.3 Å². The minimum atomic E-state index is -1.30. The van der Waals surface area contributed by atoms with E-state index in [1.807, 2.05) is 0 Å². The van der Waals surface area contributed by atoms with Crippen molar-refractivity contribution in [1.82, 2.24) is 0 Å². The van der Waals surface area contributed by atoms with Gasteiger partial charge in [-0.2, -0.15) is 0 Å². The molecule has 7 heteroatoms. The van der Waals surface area contributed by atoms with Gasteiger partial charge in [0.25, 0.3) is 0 Å². The fourth-order valence-electron chi connectivity index (χ4n) is 0.369. The van der Waals surface area contributed by atoms with Crippen LogP contribution in [0.4, 0.5) is 0 Å². The SMILES string of the molecule is C=C(C)C(=O)O.NC=C(CC(=O)O)C(=O)O. The van der Waals surface area contributed by atoms with Gasteiger partial charge in [0, 0.05) is 11.8 Å². The maximum absolute atomic E-state index is 10.1. The van der Waals surface area contributed by atoms with Crippen LogP contribution in [0.5, 0.6) is 0 Å². The summed E-state index contributed by atoms with van der Waals surface area (Å²) in [4.78, 5) is 29.6. The smallest absolute Gasteiger partial charge is 0.333 e. The van der Waals surface area contributed by atoms with E-state index >= 15 is 0 Å². The molecule has 0 aliphatic heterocycles. The fraction of sp³-hybridized carbons (Fsp3) is 0.222. The van der Waals surface area contributed by atoms with Gasteiger partial charge >= 0.3 is 17.9 Å². The number of aliphatic carboxylic acids is 3. The van der Waals surface area contributed by atoms with E-state index in [-0.39, 0.29) is 11.1 Å². The van der Waals surface area contributed by atoms with Gasteiger partial charge in [-0.25, -0.2) is 9.59 Å². The van der Waals surface area contributed by atoms with Crippen molar-refractivity contribution in [3.63, 3.8) is 0 Å². The van der Waals surface area contributed by atoms with Crippen LogP contribution in [0.3, 0.4) is 0 Å². The molecule has 0 radical (unpaired) electrons. The fourth-order valence-corrected chi connectivity index (χ4v) is 0.369. The van der Waals surface area contributed by atoms with Gasteiger partial charge in [-0.05, 0) is 6.92 Å². The van der Waals surface area contributed by atoms with Gasteiger partial charge in [-0.1, -0.05) is 6.58 Å². The highest BCUT2D eigenvalue weighted by Crippen LogP contribution is 1.97. The average molecular weight is 231 g/mol. The Bertz CT molecular complexity index is 319. The molecule has 0 heterocycles. The second-order valence-corrected chi connectivity index (χ2v) is 2.65. The number of hydrogen-bond acceptors (Lipinski definition) is 4. The first-order chi connectivity index (χ1) is 7.22. The highest BCUT2D eigenvalue weighted by Gasteiger charge is 2.09. The second kappa shape index (κ2) is 8.04. The lowest BCUT2D eigenvalue weighted by atomic mass is 10.2. The van der Waals surface area contributed by atoms with Crippen LogP contribution in [-0.4, -0.2) is 33.2 Å². The number of carboxylic acid groups (broad SMARTS) is 3. The lowest BCUT2D eigenvalue weighted by molar-refractivity contribution is -0.139. The molecule has 0 aromatic carbocycles. The Morgan fingerprint density at radius 1 is 1.19 bits per heavy atom. The highest BCUT2D eigenvalue weighted by atomic mass is 16.4. The first kappa shape index (κ1) is 16.1. The van der Waals surface area contributed by atoms with Crippen molar-refractivity contribution in [2.45, 2.75) is 13.3 Å². The van der Waals surface area contributed by atoms with Crippen LogP contribution in [0, 0.1) is 0 Å². The van der Waals surface area contributed by atoms with Crippen LogP contribution in [0.25, 0.3) is 0 Å². The molecule has 5 N–H and O–H groups in total. The Labute approximate surface area is 91.5 Å². The number of nitrogens with two attached hydrogens (primary N) is 1. The first-order valence-electron chi connectivity index (χ1n) is 3.97. The Balaban J connectivity index is 0. The summed E-state index contributed by atoms with van der Waals surface area (Å²) in [7, 11) is 0. The molecule has 0 saturated heterocycles. The molecular weight excluding hydrogens is 218 g/mol. The van der Waals surface area contributed by atoms with Gasteiger partial charge in [0.2, 0.25) is 0 Å². The van der Waals surface area contributed by atoms with Crippen LogP contribution >= 0.6 is 0 Å². The maximum Gasteiger partial charge on any atom is 0.333 e. The van der Waals surface area contributed by atoms with Gasteiger partial charge < -0.3 is 21.1 Å². The predicted octanol–water partition coefficient (Wildman–Crippen LogP) is 0.0354. The number of hydrogen-bond donors (Lipinski definition) is 4. The molecule has 0 saturated carbocycles. The zero-order chi connectivity index (χ0) is 13.3. The normalized spacial score (nSPS) is 9.69. The zero-order valence-corrected chi connectivity index (χ0v) is 8.64.